The van der Waals surface area contributed by atoms with Crippen molar-refractivity contribution in [3.8, 4) is 0 Å². The first-order chi connectivity index (χ1) is 9.69. The molecule has 1 aromatic heterocycles. The predicted molar refractivity (Wildman–Crippen MR) is 82.9 cm³/mol. The van der Waals surface area contributed by atoms with E-state index in [9.17, 15) is 0 Å². The maximum absolute atomic E-state index is 5.86. The van der Waals surface area contributed by atoms with E-state index in [2.05, 4.69) is 39.7 Å². The van der Waals surface area contributed by atoms with Gasteiger partial charge in [-0.15, -0.1) is 0 Å². The Balaban J connectivity index is 1.98. The van der Waals surface area contributed by atoms with E-state index in [4.69, 9.17) is 5.73 Å². The number of para-hydroxylation sites is 1. The minimum absolute atomic E-state index is 0.351. The largest absolute Gasteiger partial charge is 0.368 e. The van der Waals surface area contributed by atoms with Gasteiger partial charge in [-0.3, -0.25) is 4.90 Å². The van der Waals surface area contributed by atoms with E-state index in [0.29, 0.717) is 12.0 Å². The van der Waals surface area contributed by atoms with E-state index in [0.717, 1.165) is 42.9 Å². The lowest BCUT2D eigenvalue weighted by Gasteiger charge is -2.40. The number of fused-ring (bicyclic) bond motifs is 1. The normalized spacial score (nSPS) is 20.5. The van der Waals surface area contributed by atoms with Crippen LogP contribution in [-0.2, 0) is 0 Å². The second-order valence-electron chi connectivity index (χ2n) is 5.35. The summed E-state index contributed by atoms with van der Waals surface area (Å²) in [6, 6.07) is 8.60. The first-order valence-electron chi connectivity index (χ1n) is 7.20. The molecule has 1 fully saturated rings. The standard InChI is InChI=1S/C15H21N5/c1-3-19-8-9-20(10-11(19)2)14-12-6-4-5-7-13(12)17-15(16)18-14/h4-7,11H,3,8-10H2,1-2H3,(H2,16,17,18). The molecule has 0 bridgehead atoms. The monoisotopic (exact) mass is 271 g/mol. The van der Waals surface area contributed by atoms with Gasteiger partial charge in [-0.2, -0.15) is 4.98 Å². The summed E-state index contributed by atoms with van der Waals surface area (Å²) in [5.74, 6) is 1.32. The summed E-state index contributed by atoms with van der Waals surface area (Å²) in [5, 5.41) is 1.08. The van der Waals surface area contributed by atoms with E-state index in [1.165, 1.54) is 0 Å². The molecule has 1 aliphatic rings. The second kappa shape index (κ2) is 5.25. The van der Waals surface area contributed by atoms with Gasteiger partial charge in [0.05, 0.1) is 5.52 Å². The van der Waals surface area contributed by atoms with Gasteiger partial charge >= 0.3 is 0 Å². The molecule has 0 saturated carbocycles. The minimum Gasteiger partial charge on any atom is -0.368 e. The summed E-state index contributed by atoms with van der Waals surface area (Å²) < 4.78 is 0. The van der Waals surface area contributed by atoms with Crippen molar-refractivity contribution in [3.63, 3.8) is 0 Å². The molecular weight excluding hydrogens is 250 g/mol. The molecule has 1 unspecified atom stereocenters. The maximum atomic E-state index is 5.86. The number of nitrogens with zero attached hydrogens (tertiary/aromatic N) is 4. The average molecular weight is 271 g/mol. The molecule has 5 nitrogen and oxygen atoms in total. The molecule has 1 aliphatic heterocycles. The number of nitrogens with two attached hydrogens (primary N) is 1. The number of benzene rings is 1. The lowest BCUT2D eigenvalue weighted by Crippen LogP contribution is -2.52. The summed E-state index contributed by atoms with van der Waals surface area (Å²) in [6.07, 6.45) is 0. The van der Waals surface area contributed by atoms with E-state index < -0.39 is 0 Å². The second-order valence-corrected chi connectivity index (χ2v) is 5.35. The van der Waals surface area contributed by atoms with Crippen molar-refractivity contribution < 1.29 is 0 Å². The molecular formula is C15H21N5. The third-order valence-electron chi connectivity index (χ3n) is 4.07. The van der Waals surface area contributed by atoms with Crippen LogP contribution in [-0.4, -0.2) is 47.1 Å². The highest BCUT2D eigenvalue weighted by Gasteiger charge is 2.24. The van der Waals surface area contributed by atoms with Crippen molar-refractivity contribution in [1.29, 1.82) is 0 Å². The summed E-state index contributed by atoms with van der Waals surface area (Å²) in [7, 11) is 0. The Morgan fingerprint density at radius 2 is 2.05 bits per heavy atom. The molecule has 0 amide bonds. The Morgan fingerprint density at radius 1 is 1.25 bits per heavy atom. The minimum atomic E-state index is 0.351. The number of piperazine rings is 1. The molecule has 5 heteroatoms. The summed E-state index contributed by atoms with van der Waals surface area (Å²) >= 11 is 0. The van der Waals surface area contributed by atoms with Crippen LogP contribution in [0.5, 0.6) is 0 Å². The number of rotatable bonds is 2. The Labute approximate surface area is 119 Å². The number of likely N-dealkylation sites (N-methyl/N-ethyl adjacent to an activating group) is 1. The Morgan fingerprint density at radius 3 is 2.80 bits per heavy atom. The smallest absolute Gasteiger partial charge is 0.222 e. The lowest BCUT2D eigenvalue weighted by molar-refractivity contribution is 0.199. The van der Waals surface area contributed by atoms with E-state index in [1.54, 1.807) is 0 Å². The molecule has 1 aromatic carbocycles. The molecule has 0 spiro atoms. The van der Waals surface area contributed by atoms with Gasteiger partial charge in [0, 0.05) is 31.1 Å². The van der Waals surface area contributed by atoms with E-state index >= 15 is 0 Å². The van der Waals surface area contributed by atoms with Crippen LogP contribution >= 0.6 is 0 Å². The molecule has 1 saturated heterocycles. The van der Waals surface area contributed by atoms with Crippen LogP contribution < -0.4 is 10.6 Å². The molecule has 0 aliphatic carbocycles. The third kappa shape index (κ3) is 2.29. The van der Waals surface area contributed by atoms with Gasteiger partial charge in [0.2, 0.25) is 5.95 Å². The molecule has 0 radical (unpaired) electrons. The molecule has 20 heavy (non-hydrogen) atoms. The lowest BCUT2D eigenvalue weighted by atomic mass is 10.1. The summed E-state index contributed by atoms with van der Waals surface area (Å²) in [5.41, 5.74) is 6.78. The molecule has 2 N–H and O–H groups in total. The number of nitrogen functional groups attached to an aromatic ring is 1. The fourth-order valence-corrected chi connectivity index (χ4v) is 2.98. The zero-order valence-electron chi connectivity index (χ0n) is 12.1. The van der Waals surface area contributed by atoms with E-state index in [1.807, 2.05) is 18.2 Å². The van der Waals surface area contributed by atoms with Gasteiger partial charge in [0.25, 0.3) is 0 Å². The van der Waals surface area contributed by atoms with Crippen molar-refractivity contribution >= 4 is 22.7 Å². The SMILES string of the molecule is CCN1CCN(c2nc(N)nc3ccccc23)CC1C. The van der Waals surface area contributed by atoms with Crippen LogP contribution in [0.2, 0.25) is 0 Å². The topological polar surface area (TPSA) is 58.3 Å². The highest BCUT2D eigenvalue weighted by molar-refractivity contribution is 5.90. The Hall–Kier alpha value is -1.88. The van der Waals surface area contributed by atoms with Gasteiger partial charge in [-0.25, -0.2) is 4.98 Å². The maximum Gasteiger partial charge on any atom is 0.222 e. The van der Waals surface area contributed by atoms with Gasteiger partial charge < -0.3 is 10.6 Å². The van der Waals surface area contributed by atoms with Crippen LogP contribution in [0, 0.1) is 0 Å². The number of anilines is 2. The fourth-order valence-electron chi connectivity index (χ4n) is 2.98. The first-order valence-corrected chi connectivity index (χ1v) is 7.20. The fraction of sp³-hybridized carbons (Fsp3) is 0.467. The van der Waals surface area contributed by atoms with E-state index in [-0.39, 0.29) is 0 Å². The van der Waals surface area contributed by atoms with Gasteiger partial charge in [-0.05, 0) is 25.6 Å². The van der Waals surface area contributed by atoms with Crippen molar-refractivity contribution in [2.24, 2.45) is 0 Å². The quantitative estimate of drug-likeness (QED) is 0.901. The number of aromatic nitrogens is 2. The summed E-state index contributed by atoms with van der Waals surface area (Å²) in [6.45, 7) is 8.61. The van der Waals surface area contributed by atoms with Crippen molar-refractivity contribution in [2.75, 3.05) is 36.8 Å². The highest BCUT2D eigenvalue weighted by Crippen LogP contribution is 2.26. The molecule has 2 aromatic rings. The van der Waals surface area contributed by atoms with Crippen LogP contribution in [0.1, 0.15) is 13.8 Å². The Bertz CT molecular complexity index is 612. The van der Waals surface area contributed by atoms with Gasteiger partial charge in [0.15, 0.2) is 0 Å². The van der Waals surface area contributed by atoms with Crippen LogP contribution in [0.3, 0.4) is 0 Å². The molecule has 1 atom stereocenters. The van der Waals surface area contributed by atoms with Gasteiger partial charge in [-0.1, -0.05) is 19.1 Å². The molecule has 106 valence electrons. The number of hydrogen-bond acceptors (Lipinski definition) is 5. The van der Waals surface area contributed by atoms with Crippen LogP contribution in [0.15, 0.2) is 24.3 Å². The average Bonchev–Trinajstić information content (AvgIpc) is 2.46. The number of hydrogen-bond donors (Lipinski definition) is 1. The molecule has 2 heterocycles. The highest BCUT2D eigenvalue weighted by atomic mass is 15.3. The predicted octanol–water partition coefficient (Wildman–Crippen LogP) is 1.74. The third-order valence-corrected chi connectivity index (χ3v) is 4.07. The van der Waals surface area contributed by atoms with Crippen LogP contribution in [0.25, 0.3) is 10.9 Å². The van der Waals surface area contributed by atoms with Gasteiger partial charge in [0.1, 0.15) is 5.82 Å². The summed E-state index contributed by atoms with van der Waals surface area (Å²) in [4.78, 5) is 13.6. The van der Waals surface area contributed by atoms with Crippen molar-refractivity contribution in [2.45, 2.75) is 19.9 Å². The molecule has 3 rings (SSSR count). The van der Waals surface area contributed by atoms with Crippen molar-refractivity contribution in [1.82, 2.24) is 14.9 Å². The first kappa shape index (κ1) is 13.1. The Kier molecular flexibility index (Phi) is 3.44. The van der Waals surface area contributed by atoms with Crippen molar-refractivity contribution in [3.05, 3.63) is 24.3 Å². The zero-order valence-corrected chi connectivity index (χ0v) is 12.1. The van der Waals surface area contributed by atoms with Crippen LogP contribution in [0.4, 0.5) is 11.8 Å². The zero-order chi connectivity index (χ0) is 14.1.